The number of rotatable bonds is 3. The summed E-state index contributed by atoms with van der Waals surface area (Å²) in [6, 6.07) is 0. The minimum Gasteiger partial charge on any atom is -0.392 e. The highest BCUT2D eigenvalue weighted by Crippen LogP contribution is 1.83. The van der Waals surface area contributed by atoms with E-state index >= 15 is 0 Å². The van der Waals surface area contributed by atoms with Crippen molar-refractivity contribution in [3.63, 3.8) is 0 Å². The summed E-state index contributed by atoms with van der Waals surface area (Å²) in [4.78, 5) is 9.74. The minimum absolute atomic E-state index is 0.749. The fourth-order valence-electron chi connectivity index (χ4n) is 0.329. The first-order chi connectivity index (χ1) is 4.31. The molecule has 0 spiro atoms. The van der Waals surface area contributed by atoms with Crippen LogP contribution in [0.1, 0.15) is 6.92 Å². The van der Waals surface area contributed by atoms with Gasteiger partial charge in [-0.25, -0.2) is 0 Å². The van der Waals surface area contributed by atoms with E-state index in [4.69, 9.17) is 0 Å². The molecular formula is C7H11NO. The maximum absolute atomic E-state index is 9.74. The number of allylic oxidation sites excluding steroid dienone is 4. The van der Waals surface area contributed by atoms with Gasteiger partial charge in [0.1, 0.15) is 6.29 Å². The van der Waals surface area contributed by atoms with Crippen LogP contribution in [0.4, 0.5) is 0 Å². The molecule has 50 valence electrons. The van der Waals surface area contributed by atoms with Crippen LogP contribution in [0.25, 0.3) is 0 Å². The van der Waals surface area contributed by atoms with Gasteiger partial charge in [-0.1, -0.05) is 6.08 Å². The monoisotopic (exact) mass is 125 g/mol. The number of hydrogen-bond donors (Lipinski definition) is 1. The van der Waals surface area contributed by atoms with Crippen LogP contribution in [0.15, 0.2) is 23.9 Å². The molecule has 0 aromatic rings. The zero-order valence-corrected chi connectivity index (χ0v) is 5.72. The molecule has 0 amide bonds. The van der Waals surface area contributed by atoms with Crippen LogP contribution in [0, 0.1) is 0 Å². The average Bonchev–Trinajstić information content (AvgIpc) is 1.89. The van der Waals surface area contributed by atoms with Crippen molar-refractivity contribution < 1.29 is 4.79 Å². The minimum atomic E-state index is 0.749. The van der Waals surface area contributed by atoms with Crippen molar-refractivity contribution in [1.82, 2.24) is 5.32 Å². The van der Waals surface area contributed by atoms with Crippen molar-refractivity contribution in [3.05, 3.63) is 23.9 Å². The van der Waals surface area contributed by atoms with E-state index in [0.717, 1.165) is 12.0 Å². The predicted molar refractivity (Wildman–Crippen MR) is 38.0 cm³/mol. The Morgan fingerprint density at radius 3 is 2.56 bits per heavy atom. The van der Waals surface area contributed by atoms with Crippen molar-refractivity contribution in [1.29, 1.82) is 0 Å². The lowest BCUT2D eigenvalue weighted by Crippen LogP contribution is -2.00. The van der Waals surface area contributed by atoms with Crippen LogP contribution in [0.2, 0.25) is 0 Å². The summed E-state index contributed by atoms with van der Waals surface area (Å²) in [7, 11) is 1.83. The molecule has 0 radical (unpaired) electrons. The molecule has 0 aliphatic rings. The first-order valence-electron chi connectivity index (χ1n) is 2.77. The van der Waals surface area contributed by atoms with Crippen molar-refractivity contribution in [2.45, 2.75) is 6.92 Å². The van der Waals surface area contributed by atoms with Crippen molar-refractivity contribution >= 4 is 6.29 Å². The molecule has 2 heteroatoms. The van der Waals surface area contributed by atoms with Gasteiger partial charge < -0.3 is 5.32 Å². The zero-order chi connectivity index (χ0) is 7.11. The average molecular weight is 125 g/mol. The second-order valence-electron chi connectivity index (χ2n) is 1.62. The lowest BCUT2D eigenvalue weighted by atomic mass is 10.4. The summed E-state index contributed by atoms with van der Waals surface area (Å²) in [5.41, 5.74) is 1.04. The maximum atomic E-state index is 9.74. The molecular weight excluding hydrogens is 114 g/mol. The third-order valence-corrected chi connectivity index (χ3v) is 0.930. The van der Waals surface area contributed by atoms with Gasteiger partial charge in [-0.05, 0) is 19.1 Å². The summed E-state index contributed by atoms with van der Waals surface area (Å²) < 4.78 is 0. The highest BCUT2D eigenvalue weighted by molar-refractivity contribution is 5.65. The number of nitrogens with one attached hydrogen (secondary N) is 1. The number of carbonyl (C=O) groups is 1. The molecule has 0 aliphatic heterocycles. The lowest BCUT2D eigenvalue weighted by Gasteiger charge is -1.92. The lowest BCUT2D eigenvalue weighted by molar-refractivity contribution is -0.104. The van der Waals surface area contributed by atoms with Crippen LogP contribution in [0.5, 0.6) is 0 Å². The highest BCUT2D eigenvalue weighted by atomic mass is 16.1. The van der Waals surface area contributed by atoms with Gasteiger partial charge in [-0.3, -0.25) is 4.79 Å². The molecule has 0 atom stereocenters. The summed E-state index contributed by atoms with van der Waals surface area (Å²) in [5, 5.41) is 2.92. The Bertz CT molecular complexity index is 136. The second-order valence-corrected chi connectivity index (χ2v) is 1.62. The predicted octanol–water partition coefficient (Wildman–Crippen LogP) is 0.865. The maximum Gasteiger partial charge on any atom is 0.142 e. The SMILES string of the molecule is CN/C(C)=C\C=C/C=O. The number of aldehydes is 1. The zero-order valence-electron chi connectivity index (χ0n) is 5.72. The van der Waals surface area contributed by atoms with Gasteiger partial charge >= 0.3 is 0 Å². The van der Waals surface area contributed by atoms with E-state index in [0.29, 0.717) is 0 Å². The van der Waals surface area contributed by atoms with E-state index in [2.05, 4.69) is 5.32 Å². The van der Waals surface area contributed by atoms with E-state index in [1.54, 1.807) is 6.08 Å². The summed E-state index contributed by atoms with van der Waals surface area (Å²) in [5.74, 6) is 0. The molecule has 0 aromatic carbocycles. The molecule has 2 nitrogen and oxygen atoms in total. The largest absolute Gasteiger partial charge is 0.392 e. The molecule has 0 saturated carbocycles. The van der Waals surface area contributed by atoms with Crippen LogP contribution in [0.3, 0.4) is 0 Å². The first kappa shape index (κ1) is 7.95. The highest BCUT2D eigenvalue weighted by Gasteiger charge is 1.73. The normalized spacial score (nSPS) is 12.0. The molecule has 0 aliphatic carbocycles. The van der Waals surface area contributed by atoms with Gasteiger partial charge in [-0.15, -0.1) is 0 Å². The van der Waals surface area contributed by atoms with Crippen LogP contribution >= 0.6 is 0 Å². The van der Waals surface area contributed by atoms with Gasteiger partial charge in [0.05, 0.1) is 0 Å². The fraction of sp³-hybridized carbons (Fsp3) is 0.286. The first-order valence-corrected chi connectivity index (χ1v) is 2.77. The van der Waals surface area contributed by atoms with Crippen molar-refractivity contribution in [2.75, 3.05) is 7.05 Å². The smallest absolute Gasteiger partial charge is 0.142 e. The van der Waals surface area contributed by atoms with Gasteiger partial charge in [0.25, 0.3) is 0 Å². The topological polar surface area (TPSA) is 29.1 Å². The quantitative estimate of drug-likeness (QED) is 0.344. The Balaban J connectivity index is 3.67. The van der Waals surface area contributed by atoms with Gasteiger partial charge in [0, 0.05) is 12.7 Å². The summed E-state index contributed by atoms with van der Waals surface area (Å²) in [6.07, 6.45) is 5.72. The van der Waals surface area contributed by atoms with Crippen molar-refractivity contribution in [3.8, 4) is 0 Å². The molecule has 0 heterocycles. The Morgan fingerprint density at radius 1 is 1.44 bits per heavy atom. The van der Waals surface area contributed by atoms with E-state index < -0.39 is 0 Å². The Labute approximate surface area is 55.3 Å². The van der Waals surface area contributed by atoms with E-state index in [9.17, 15) is 4.79 Å². The molecule has 9 heavy (non-hydrogen) atoms. The Hall–Kier alpha value is -1.05. The van der Waals surface area contributed by atoms with E-state index in [1.165, 1.54) is 6.08 Å². The molecule has 0 bridgehead atoms. The Kier molecular flexibility index (Phi) is 4.50. The Morgan fingerprint density at radius 2 is 2.11 bits per heavy atom. The molecule has 0 unspecified atom stereocenters. The van der Waals surface area contributed by atoms with Gasteiger partial charge in [0.2, 0.25) is 0 Å². The summed E-state index contributed by atoms with van der Waals surface area (Å²) >= 11 is 0. The fourth-order valence-corrected chi connectivity index (χ4v) is 0.329. The van der Waals surface area contributed by atoms with E-state index in [-0.39, 0.29) is 0 Å². The molecule has 1 N–H and O–H groups in total. The molecule has 0 fully saturated rings. The van der Waals surface area contributed by atoms with Crippen LogP contribution in [-0.4, -0.2) is 13.3 Å². The van der Waals surface area contributed by atoms with Crippen LogP contribution in [-0.2, 0) is 4.79 Å². The molecule has 0 saturated heterocycles. The number of hydrogen-bond acceptors (Lipinski definition) is 2. The van der Waals surface area contributed by atoms with Gasteiger partial charge in [0.15, 0.2) is 0 Å². The standard InChI is InChI=1S/C7H11NO/c1-7(8-2)5-3-4-6-9/h3-6,8H,1-2H3/b4-3-,7-5-. The third-order valence-electron chi connectivity index (χ3n) is 0.930. The van der Waals surface area contributed by atoms with Crippen LogP contribution < -0.4 is 5.32 Å². The van der Waals surface area contributed by atoms with Crippen molar-refractivity contribution in [2.24, 2.45) is 0 Å². The molecule has 0 aromatic heterocycles. The molecule has 0 rings (SSSR count). The number of carbonyl (C=O) groups excluding carboxylic acids is 1. The van der Waals surface area contributed by atoms with E-state index in [1.807, 2.05) is 20.0 Å². The van der Waals surface area contributed by atoms with Gasteiger partial charge in [-0.2, -0.15) is 0 Å². The summed E-state index contributed by atoms with van der Waals surface area (Å²) in [6.45, 7) is 1.93. The third kappa shape index (κ3) is 4.81. The second kappa shape index (κ2) is 5.09.